The van der Waals surface area contributed by atoms with E-state index in [4.69, 9.17) is 18.9 Å². The fourth-order valence-corrected chi connectivity index (χ4v) is 4.44. The summed E-state index contributed by atoms with van der Waals surface area (Å²) < 4.78 is 22.7. The Morgan fingerprint density at radius 3 is 2.63 bits per heavy atom. The van der Waals surface area contributed by atoms with Gasteiger partial charge in [0.15, 0.2) is 6.10 Å². The van der Waals surface area contributed by atoms with Gasteiger partial charge < -0.3 is 24.1 Å². The molecule has 0 saturated carbocycles. The van der Waals surface area contributed by atoms with E-state index < -0.39 is 47.6 Å². The molecule has 7 atom stereocenters. The second-order valence-electron chi connectivity index (χ2n) is 8.81. The zero-order chi connectivity index (χ0) is 22.4. The van der Waals surface area contributed by atoms with Crippen LogP contribution in [0.1, 0.15) is 53.9 Å². The molecule has 3 aliphatic heterocycles. The third kappa shape index (κ3) is 3.90. The summed E-state index contributed by atoms with van der Waals surface area (Å²) in [5.41, 5.74) is -0.412. The fourth-order valence-electron chi connectivity index (χ4n) is 4.44. The fraction of sp³-hybridized carbons (Fsp3) is 0.682. The molecule has 0 aromatic heterocycles. The third-order valence-electron chi connectivity index (χ3n) is 6.32. The van der Waals surface area contributed by atoms with Crippen LogP contribution in [0.4, 0.5) is 0 Å². The van der Waals surface area contributed by atoms with Crippen LogP contribution in [-0.4, -0.2) is 52.7 Å². The quantitative estimate of drug-likeness (QED) is 0.318. The highest BCUT2D eigenvalue weighted by molar-refractivity contribution is 5.91. The van der Waals surface area contributed by atoms with Gasteiger partial charge in [-0.1, -0.05) is 20.4 Å². The van der Waals surface area contributed by atoms with Gasteiger partial charge >= 0.3 is 17.9 Å². The van der Waals surface area contributed by atoms with Crippen molar-refractivity contribution in [3.05, 3.63) is 23.8 Å². The highest BCUT2D eigenvalue weighted by Gasteiger charge is 2.60. The first-order valence-electron chi connectivity index (χ1n) is 10.3. The summed E-state index contributed by atoms with van der Waals surface area (Å²) in [6.45, 7) is 12.2. The van der Waals surface area contributed by atoms with E-state index in [1.165, 1.54) is 6.92 Å². The number of rotatable bonds is 4. The van der Waals surface area contributed by atoms with Crippen LogP contribution in [0.3, 0.4) is 0 Å². The highest BCUT2D eigenvalue weighted by atomic mass is 16.7. The highest BCUT2D eigenvalue weighted by Crippen LogP contribution is 2.49. The first-order chi connectivity index (χ1) is 13.9. The Kier molecular flexibility index (Phi) is 5.86. The Hall–Kier alpha value is -2.19. The molecule has 0 aromatic rings. The lowest BCUT2D eigenvalue weighted by atomic mass is 9.81. The maximum Gasteiger partial charge on any atom is 0.334 e. The van der Waals surface area contributed by atoms with Crippen LogP contribution in [0, 0.1) is 11.8 Å². The lowest BCUT2D eigenvalue weighted by Gasteiger charge is -2.33. The number of ether oxygens (including phenoxy) is 4. The Morgan fingerprint density at radius 1 is 1.37 bits per heavy atom. The molecule has 3 aliphatic rings. The number of esters is 3. The number of fused-ring (bicyclic) bond motifs is 3. The van der Waals surface area contributed by atoms with E-state index in [1.807, 2.05) is 6.92 Å². The van der Waals surface area contributed by atoms with Crippen LogP contribution in [0.5, 0.6) is 0 Å². The van der Waals surface area contributed by atoms with Crippen molar-refractivity contribution in [3.8, 4) is 0 Å². The maximum absolute atomic E-state index is 12.6. The molecule has 0 unspecified atom stereocenters. The monoisotopic (exact) mass is 422 g/mol. The minimum atomic E-state index is -1.88. The van der Waals surface area contributed by atoms with Crippen LogP contribution in [0.15, 0.2) is 23.8 Å². The van der Waals surface area contributed by atoms with E-state index in [0.29, 0.717) is 12.0 Å². The summed E-state index contributed by atoms with van der Waals surface area (Å²) in [5, 5.41) is 11.3. The number of hydrogen-bond donors (Lipinski definition) is 1. The van der Waals surface area contributed by atoms with E-state index in [2.05, 4.69) is 6.58 Å². The van der Waals surface area contributed by atoms with Crippen molar-refractivity contribution in [1.82, 2.24) is 0 Å². The van der Waals surface area contributed by atoms with Gasteiger partial charge in [0, 0.05) is 25.3 Å². The smallest absolute Gasteiger partial charge is 0.334 e. The zero-order valence-electron chi connectivity index (χ0n) is 18.1. The van der Waals surface area contributed by atoms with Gasteiger partial charge in [-0.3, -0.25) is 9.59 Å². The molecule has 8 heteroatoms. The van der Waals surface area contributed by atoms with Crippen molar-refractivity contribution >= 4 is 17.9 Å². The van der Waals surface area contributed by atoms with Gasteiger partial charge in [-0.25, -0.2) is 4.79 Å². The predicted molar refractivity (Wildman–Crippen MR) is 105 cm³/mol. The van der Waals surface area contributed by atoms with E-state index in [9.17, 15) is 19.5 Å². The normalized spacial score (nSPS) is 40.8. The topological polar surface area (TPSA) is 108 Å². The zero-order valence-corrected chi connectivity index (χ0v) is 18.1. The van der Waals surface area contributed by atoms with Crippen LogP contribution < -0.4 is 0 Å². The van der Waals surface area contributed by atoms with Gasteiger partial charge in [0.05, 0.1) is 17.4 Å². The molecule has 3 rings (SSSR count). The molecule has 0 aromatic carbocycles. The average Bonchev–Trinajstić information content (AvgIpc) is 3.06. The second kappa shape index (κ2) is 7.81. The Labute approximate surface area is 176 Å². The molecule has 2 saturated heterocycles. The molecular formula is C22H30O8. The van der Waals surface area contributed by atoms with Crippen molar-refractivity contribution < 1.29 is 38.4 Å². The summed E-state index contributed by atoms with van der Waals surface area (Å²) >= 11 is 0. The largest absolute Gasteiger partial charge is 0.461 e. The minimum Gasteiger partial charge on any atom is -0.461 e. The van der Waals surface area contributed by atoms with Gasteiger partial charge in [-0.15, -0.1) is 0 Å². The van der Waals surface area contributed by atoms with Crippen molar-refractivity contribution in [2.24, 2.45) is 11.8 Å². The molecule has 30 heavy (non-hydrogen) atoms. The molecule has 0 radical (unpaired) electrons. The van der Waals surface area contributed by atoms with Crippen molar-refractivity contribution in [2.75, 3.05) is 0 Å². The Morgan fingerprint density at radius 2 is 2.03 bits per heavy atom. The van der Waals surface area contributed by atoms with Gasteiger partial charge in [-0.2, -0.15) is 0 Å². The van der Waals surface area contributed by atoms with Crippen molar-refractivity contribution in [1.29, 1.82) is 0 Å². The molecule has 0 spiro atoms. The van der Waals surface area contributed by atoms with Crippen molar-refractivity contribution in [3.63, 3.8) is 0 Å². The van der Waals surface area contributed by atoms with E-state index in [0.717, 1.165) is 0 Å². The lowest BCUT2D eigenvalue weighted by molar-refractivity contribution is -0.232. The standard InChI is InChI=1S/C22H30O8/c1-7-11(2)19(24)29-16-9-21(6)10-17(27-14(5)23)22(26,30-21)12(3)8-15-18(16)13(4)20(25)28-15/h8,11,15-18,26H,4,7,9-10H2,1-3,5-6H3/b12-8-/t11-,15-,16-,17+,18+,21+,22-/m1/s1. The van der Waals surface area contributed by atoms with E-state index in [-0.39, 0.29) is 30.3 Å². The van der Waals surface area contributed by atoms with E-state index >= 15 is 0 Å². The number of carbonyl (C=O) groups is 3. The molecular weight excluding hydrogens is 392 g/mol. The summed E-state index contributed by atoms with van der Waals surface area (Å²) in [7, 11) is 0. The van der Waals surface area contributed by atoms with Crippen LogP contribution >= 0.6 is 0 Å². The van der Waals surface area contributed by atoms with Gasteiger partial charge in [-0.05, 0) is 31.9 Å². The summed E-state index contributed by atoms with van der Waals surface area (Å²) in [5.74, 6) is -4.30. The lowest BCUT2D eigenvalue weighted by Crippen LogP contribution is -2.43. The van der Waals surface area contributed by atoms with Crippen molar-refractivity contribution in [2.45, 2.75) is 83.6 Å². The predicted octanol–water partition coefficient (Wildman–Crippen LogP) is 2.19. The molecule has 2 fully saturated rings. The molecule has 1 N–H and O–H groups in total. The number of carbonyl (C=O) groups excluding carboxylic acids is 3. The Bertz CT molecular complexity index is 801. The average molecular weight is 422 g/mol. The molecule has 8 nitrogen and oxygen atoms in total. The molecule has 3 heterocycles. The van der Waals surface area contributed by atoms with Crippen LogP contribution in [0.2, 0.25) is 0 Å². The maximum atomic E-state index is 12.6. The second-order valence-corrected chi connectivity index (χ2v) is 8.81. The summed E-state index contributed by atoms with van der Waals surface area (Å²) in [4.78, 5) is 36.5. The molecule has 2 bridgehead atoms. The SMILES string of the molecule is C=C1C(=O)O[C@@H]2/C=C(/C)[C@@]3(O)O[C@](C)(C[C@@H]3OC(C)=O)C[C@@H](OC(=O)[C@H](C)CC)[C@@H]12. The first kappa shape index (κ1) is 22.5. The summed E-state index contributed by atoms with van der Waals surface area (Å²) in [6.07, 6.45) is 0.0581. The van der Waals surface area contributed by atoms with Crippen LogP contribution in [-0.2, 0) is 33.3 Å². The van der Waals surface area contributed by atoms with Gasteiger partial charge in [0.25, 0.3) is 0 Å². The van der Waals surface area contributed by atoms with E-state index in [1.54, 1.807) is 26.8 Å². The number of hydrogen-bond acceptors (Lipinski definition) is 8. The van der Waals surface area contributed by atoms with Gasteiger partial charge in [0.1, 0.15) is 12.2 Å². The molecule has 166 valence electrons. The molecule has 0 aliphatic carbocycles. The number of aliphatic hydroxyl groups is 1. The van der Waals surface area contributed by atoms with Gasteiger partial charge in [0.2, 0.25) is 5.79 Å². The third-order valence-corrected chi connectivity index (χ3v) is 6.32. The first-order valence-corrected chi connectivity index (χ1v) is 10.3. The van der Waals surface area contributed by atoms with Crippen LogP contribution in [0.25, 0.3) is 0 Å². The summed E-state index contributed by atoms with van der Waals surface area (Å²) in [6, 6.07) is 0. The Balaban J connectivity index is 2.05. The molecule has 0 amide bonds. The minimum absolute atomic E-state index is 0.174.